The van der Waals surface area contributed by atoms with E-state index < -0.39 is 0 Å². The fourth-order valence-electron chi connectivity index (χ4n) is 1.29. The van der Waals surface area contributed by atoms with Crippen LogP contribution in [-0.2, 0) is 20.4 Å². The molecule has 0 aliphatic carbocycles. The molecule has 0 bridgehead atoms. The fourth-order valence-corrected chi connectivity index (χ4v) is 1.34. The molecule has 0 saturated carbocycles. The number of rotatable bonds is 3. The topological polar surface area (TPSA) is 124 Å². The van der Waals surface area contributed by atoms with Crippen molar-refractivity contribution in [2.75, 3.05) is 7.11 Å². The molecule has 7 nitrogen and oxygen atoms in total. The third-order valence-corrected chi connectivity index (χ3v) is 2.29. The number of aromatic hydroxyl groups is 1. The number of methoxy groups -OCH3 is 1. The molecule has 1 aromatic heterocycles. The van der Waals surface area contributed by atoms with Crippen molar-refractivity contribution >= 4 is 23.5 Å². The minimum absolute atomic E-state index is 0. The molecule has 1 heterocycles. The first-order chi connectivity index (χ1) is 10.1. The monoisotopic (exact) mass is 428 g/mol. The molecule has 0 amide bonds. The molecule has 2 aromatic rings. The van der Waals surface area contributed by atoms with Crippen molar-refractivity contribution in [3.05, 3.63) is 54.4 Å². The van der Waals surface area contributed by atoms with E-state index in [2.05, 4.69) is 27.7 Å². The first-order valence-electron chi connectivity index (χ1n) is 5.94. The van der Waals surface area contributed by atoms with Crippen LogP contribution < -0.4 is 15.9 Å². The zero-order valence-electron chi connectivity index (χ0n) is 12.2. The van der Waals surface area contributed by atoms with Crippen LogP contribution in [0.1, 0.15) is 5.56 Å². The van der Waals surface area contributed by atoms with Crippen LogP contribution in [0, 0.1) is 0 Å². The molecule has 2 rings (SSSR count). The van der Waals surface area contributed by atoms with Gasteiger partial charge < -0.3 is 21.1 Å². The van der Waals surface area contributed by atoms with Gasteiger partial charge in [0.05, 0.1) is 13.3 Å². The smallest absolute Gasteiger partial charge is 0.184 e. The summed E-state index contributed by atoms with van der Waals surface area (Å²) in [5, 5.41) is 13.4. The van der Waals surface area contributed by atoms with Gasteiger partial charge >= 0.3 is 0 Å². The molecule has 23 heavy (non-hydrogen) atoms. The van der Waals surface area contributed by atoms with E-state index in [1.807, 2.05) is 18.2 Å². The van der Waals surface area contributed by atoms with Crippen molar-refractivity contribution in [2.45, 2.75) is 0 Å². The Morgan fingerprint density at radius 3 is 2.39 bits per heavy atom. The maximum Gasteiger partial charge on any atom is 0.184 e. The Morgan fingerprint density at radius 2 is 1.96 bits per heavy atom. The summed E-state index contributed by atoms with van der Waals surface area (Å²) in [6.07, 6.45) is 4.90. The van der Waals surface area contributed by atoms with Crippen molar-refractivity contribution in [3.8, 4) is 11.5 Å². The van der Waals surface area contributed by atoms with Crippen LogP contribution in [-0.4, -0.2) is 34.0 Å². The van der Waals surface area contributed by atoms with Gasteiger partial charge in [-0.25, -0.2) is 0 Å². The second kappa shape index (κ2) is 13.6. The minimum atomic E-state index is 0. The van der Waals surface area contributed by atoms with E-state index in [9.17, 15) is 5.11 Å². The summed E-state index contributed by atoms with van der Waals surface area (Å²) in [7, 11) is 1.48. The molecule has 0 unspecified atom stereocenters. The number of hydrogen-bond acceptors (Lipinski definition) is 5. The van der Waals surface area contributed by atoms with Crippen molar-refractivity contribution in [1.82, 2.24) is 10.4 Å². The minimum Gasteiger partial charge on any atom is -0.504 e. The summed E-state index contributed by atoms with van der Waals surface area (Å²) in [6.45, 7) is 0. The quantitative estimate of drug-likeness (QED) is 0.288. The van der Waals surface area contributed by atoms with E-state index >= 15 is 0 Å². The number of nitrogens with one attached hydrogen (secondary N) is 1. The summed E-state index contributed by atoms with van der Waals surface area (Å²) >= 11 is 4.56. The number of aromatic nitrogens is 1. The fraction of sp³-hybridized carbons (Fsp3) is 0.0714. The van der Waals surface area contributed by atoms with Crippen LogP contribution >= 0.6 is 12.2 Å². The number of benzene rings is 1. The van der Waals surface area contributed by atoms with Crippen molar-refractivity contribution in [3.63, 3.8) is 0 Å². The summed E-state index contributed by atoms with van der Waals surface area (Å²) in [5.74, 6) is 0.405. The van der Waals surface area contributed by atoms with Crippen molar-refractivity contribution in [2.24, 2.45) is 10.8 Å². The Labute approximate surface area is 153 Å². The molecule has 6 N–H and O–H groups in total. The van der Waals surface area contributed by atoms with Crippen LogP contribution in [0.2, 0.25) is 0 Å². The maximum absolute atomic E-state index is 9.65. The largest absolute Gasteiger partial charge is 0.504 e. The standard InChI is InChI=1S/C9H11N3O2S.C5H5N.H2O.Pd/c1-14-7-4-2-3-6(8(7)13)5-11-12-9(10)15;1-2-4-6-5-3-1;;/h2-5,13H,1H3,(H3,10,12,15);1-5H;1H2;/b11-5+;;;. The number of nitrogens with zero attached hydrogens (tertiary/aromatic N) is 2. The molecule has 0 atom stereocenters. The molecular formula is C14H18N4O3PdS. The zero-order valence-corrected chi connectivity index (χ0v) is 14.6. The number of pyridine rings is 1. The van der Waals surface area contributed by atoms with Crippen LogP contribution in [0.5, 0.6) is 11.5 Å². The van der Waals surface area contributed by atoms with Gasteiger partial charge in [0.1, 0.15) is 0 Å². The van der Waals surface area contributed by atoms with Gasteiger partial charge in [0.15, 0.2) is 16.6 Å². The van der Waals surface area contributed by atoms with Gasteiger partial charge in [-0.3, -0.25) is 10.4 Å². The molecule has 0 aliphatic heterocycles. The first-order valence-corrected chi connectivity index (χ1v) is 6.35. The third-order valence-electron chi connectivity index (χ3n) is 2.19. The summed E-state index contributed by atoms with van der Waals surface area (Å²) in [4.78, 5) is 3.78. The average Bonchev–Trinajstić information content (AvgIpc) is 2.51. The molecular weight excluding hydrogens is 411 g/mol. The number of phenolic OH excluding ortho intramolecular Hbond substituents is 1. The molecule has 9 heteroatoms. The Balaban J connectivity index is 0. The number of phenols is 1. The number of thiocarbonyl (C=S) groups is 1. The SMILES string of the molecule is COc1cccc(/C=N/NC(N)=S)c1O.O.[Pd].c1ccncc1. The third kappa shape index (κ3) is 9.55. The summed E-state index contributed by atoms with van der Waals surface area (Å²) < 4.78 is 4.93. The molecule has 0 radical (unpaired) electrons. The van der Waals surface area contributed by atoms with Gasteiger partial charge in [-0.2, -0.15) is 5.10 Å². The Bertz CT molecular complexity index is 573. The van der Waals surface area contributed by atoms with Gasteiger partial charge in [0.25, 0.3) is 0 Å². The molecule has 0 fully saturated rings. The van der Waals surface area contributed by atoms with E-state index in [0.29, 0.717) is 11.3 Å². The Morgan fingerprint density at radius 1 is 1.30 bits per heavy atom. The van der Waals surface area contributed by atoms with E-state index in [-0.39, 0.29) is 36.8 Å². The molecule has 0 spiro atoms. The van der Waals surface area contributed by atoms with Crippen LogP contribution in [0.4, 0.5) is 0 Å². The number of para-hydroxylation sites is 1. The molecule has 128 valence electrons. The van der Waals surface area contributed by atoms with Gasteiger partial charge in [-0.1, -0.05) is 12.1 Å². The van der Waals surface area contributed by atoms with Gasteiger partial charge in [-0.05, 0) is 36.5 Å². The van der Waals surface area contributed by atoms with Crippen LogP contribution in [0.25, 0.3) is 0 Å². The number of nitrogens with two attached hydrogens (primary N) is 1. The maximum atomic E-state index is 9.65. The predicted molar refractivity (Wildman–Crippen MR) is 90.0 cm³/mol. The Hall–Kier alpha value is -2.05. The van der Waals surface area contributed by atoms with Crippen molar-refractivity contribution < 1.29 is 35.7 Å². The number of hydrogen-bond donors (Lipinski definition) is 3. The second-order valence-electron chi connectivity index (χ2n) is 3.66. The van der Waals surface area contributed by atoms with E-state index in [0.717, 1.165) is 0 Å². The predicted octanol–water partition coefficient (Wildman–Crippen LogP) is 0.822. The van der Waals surface area contributed by atoms with Crippen LogP contribution in [0.15, 0.2) is 53.9 Å². The van der Waals surface area contributed by atoms with Crippen LogP contribution in [0.3, 0.4) is 0 Å². The second-order valence-corrected chi connectivity index (χ2v) is 4.10. The van der Waals surface area contributed by atoms with Gasteiger partial charge in [0.2, 0.25) is 0 Å². The van der Waals surface area contributed by atoms with E-state index in [1.165, 1.54) is 13.3 Å². The summed E-state index contributed by atoms with van der Waals surface area (Å²) in [5.41, 5.74) is 8.07. The van der Waals surface area contributed by atoms with Crippen molar-refractivity contribution in [1.29, 1.82) is 0 Å². The normalized spacial score (nSPS) is 8.74. The Kier molecular flexibility index (Phi) is 13.7. The number of hydrazone groups is 1. The summed E-state index contributed by atoms with van der Waals surface area (Å²) in [6, 6.07) is 10.8. The van der Waals surface area contributed by atoms with Gasteiger partial charge in [-0.15, -0.1) is 0 Å². The van der Waals surface area contributed by atoms with Gasteiger partial charge in [0, 0.05) is 38.4 Å². The first kappa shape index (κ1) is 23.2. The molecule has 1 aromatic carbocycles. The molecule has 0 aliphatic rings. The molecule has 0 saturated heterocycles. The van der Waals surface area contributed by atoms with E-state index in [1.54, 1.807) is 30.6 Å². The number of ether oxygens (including phenoxy) is 1. The zero-order chi connectivity index (χ0) is 15.5. The average molecular weight is 429 g/mol. The van der Waals surface area contributed by atoms with E-state index in [4.69, 9.17) is 10.5 Å².